The van der Waals surface area contributed by atoms with Gasteiger partial charge in [-0.1, -0.05) is 36.4 Å². The molecule has 166 valence electrons. The number of rotatable bonds is 7. The molecule has 5 rings (SSSR count). The van der Waals surface area contributed by atoms with Crippen LogP contribution in [0.25, 0.3) is 34.1 Å². The lowest BCUT2D eigenvalue weighted by Crippen LogP contribution is -1.98. The molecule has 8 heteroatoms. The zero-order valence-electron chi connectivity index (χ0n) is 18.2. The summed E-state index contributed by atoms with van der Waals surface area (Å²) in [6.07, 6.45) is 1.74. The van der Waals surface area contributed by atoms with Gasteiger partial charge in [0.2, 0.25) is 5.89 Å². The number of allylic oxidation sites excluding steroid dienone is 1. The fourth-order valence-electron chi connectivity index (χ4n) is 3.44. The van der Waals surface area contributed by atoms with Gasteiger partial charge in [0.1, 0.15) is 11.9 Å². The van der Waals surface area contributed by atoms with Crippen LogP contribution in [0.4, 0.5) is 0 Å². The van der Waals surface area contributed by atoms with Crippen molar-refractivity contribution in [2.45, 2.75) is 6.61 Å². The summed E-state index contributed by atoms with van der Waals surface area (Å²) in [5.74, 6) is 2.32. The fourth-order valence-corrected chi connectivity index (χ4v) is 3.44. The Morgan fingerprint density at radius 3 is 2.65 bits per heavy atom. The molecule has 8 nitrogen and oxygen atoms in total. The van der Waals surface area contributed by atoms with Gasteiger partial charge in [-0.15, -0.1) is 10.2 Å². The molecule has 0 atom stereocenters. The standard InChI is InChI=1S/C26H19N5O3/c1-32-23-14-17(13-19(15-27)25-28-20-9-5-6-10-21(20)29-25)11-12-22(23)33-16-24-30-31-26(34-24)18-7-3-2-4-8-18/h2-14H,16H2,1H3,(H,28,29). The Kier molecular flexibility index (Phi) is 5.74. The van der Waals surface area contributed by atoms with Crippen LogP contribution in [0.15, 0.2) is 77.2 Å². The van der Waals surface area contributed by atoms with Crippen molar-refractivity contribution >= 4 is 22.7 Å². The summed E-state index contributed by atoms with van der Waals surface area (Å²) < 4.78 is 17.0. The number of H-pyrrole nitrogens is 1. The van der Waals surface area contributed by atoms with Crippen molar-refractivity contribution < 1.29 is 13.9 Å². The lowest BCUT2D eigenvalue weighted by atomic mass is 10.1. The molecule has 0 radical (unpaired) electrons. The van der Waals surface area contributed by atoms with Crippen LogP contribution in [0.1, 0.15) is 17.3 Å². The van der Waals surface area contributed by atoms with Crippen molar-refractivity contribution in [2.75, 3.05) is 7.11 Å². The Hall–Kier alpha value is -4.90. The summed E-state index contributed by atoms with van der Waals surface area (Å²) in [6, 6.07) is 24.8. The Morgan fingerprint density at radius 1 is 1.03 bits per heavy atom. The van der Waals surface area contributed by atoms with Gasteiger partial charge in [-0.25, -0.2) is 4.98 Å². The van der Waals surface area contributed by atoms with Gasteiger partial charge in [-0.3, -0.25) is 0 Å². The third-order valence-electron chi connectivity index (χ3n) is 5.10. The van der Waals surface area contributed by atoms with E-state index in [9.17, 15) is 5.26 Å². The number of imidazole rings is 1. The Bertz CT molecular complexity index is 1480. The van der Waals surface area contributed by atoms with Crippen molar-refractivity contribution in [1.82, 2.24) is 20.2 Å². The number of aromatic nitrogens is 4. The summed E-state index contributed by atoms with van der Waals surface area (Å²) in [7, 11) is 1.56. The maximum atomic E-state index is 9.68. The maximum Gasteiger partial charge on any atom is 0.254 e. The summed E-state index contributed by atoms with van der Waals surface area (Å²) in [6.45, 7) is 0.0911. The van der Waals surface area contributed by atoms with Crippen molar-refractivity contribution in [3.8, 4) is 29.0 Å². The van der Waals surface area contributed by atoms with E-state index in [1.807, 2.05) is 60.7 Å². The van der Waals surface area contributed by atoms with E-state index >= 15 is 0 Å². The van der Waals surface area contributed by atoms with Gasteiger partial charge in [0.25, 0.3) is 5.89 Å². The SMILES string of the molecule is COc1cc(C=C(C#N)c2nc3ccccc3[nH]2)ccc1OCc1nnc(-c2ccccc2)o1. The van der Waals surface area contributed by atoms with E-state index in [-0.39, 0.29) is 6.61 Å². The largest absolute Gasteiger partial charge is 0.493 e. The molecule has 1 N–H and O–H groups in total. The minimum atomic E-state index is 0.0911. The second-order valence-electron chi connectivity index (χ2n) is 7.34. The number of nitrogens with zero attached hydrogens (tertiary/aromatic N) is 4. The van der Waals surface area contributed by atoms with Crippen molar-refractivity contribution in [3.05, 3.63) is 90.1 Å². The highest BCUT2D eigenvalue weighted by molar-refractivity contribution is 5.90. The number of ether oxygens (including phenoxy) is 2. The smallest absolute Gasteiger partial charge is 0.254 e. The molecule has 2 aromatic heterocycles. The molecule has 0 aliphatic heterocycles. The summed E-state index contributed by atoms with van der Waals surface area (Å²) >= 11 is 0. The maximum absolute atomic E-state index is 9.68. The Balaban J connectivity index is 1.34. The predicted molar refractivity (Wildman–Crippen MR) is 127 cm³/mol. The molecule has 0 unspecified atom stereocenters. The summed E-state index contributed by atoms with van der Waals surface area (Å²) in [4.78, 5) is 7.68. The number of hydrogen-bond acceptors (Lipinski definition) is 7. The van der Waals surface area contributed by atoms with Gasteiger partial charge in [0.05, 0.1) is 23.7 Å². The number of aromatic amines is 1. The molecule has 0 fully saturated rings. The third kappa shape index (κ3) is 4.36. The van der Waals surface area contributed by atoms with Crippen LogP contribution < -0.4 is 9.47 Å². The van der Waals surface area contributed by atoms with Gasteiger partial charge in [0.15, 0.2) is 18.1 Å². The molecule has 3 aromatic carbocycles. The van der Waals surface area contributed by atoms with E-state index in [1.165, 1.54) is 0 Å². The normalized spacial score (nSPS) is 11.4. The summed E-state index contributed by atoms with van der Waals surface area (Å²) in [5, 5.41) is 17.8. The molecule has 0 aliphatic rings. The first-order valence-corrected chi connectivity index (χ1v) is 10.5. The molecule has 34 heavy (non-hydrogen) atoms. The average molecular weight is 449 g/mol. The number of nitrogens with one attached hydrogen (secondary N) is 1. The quantitative estimate of drug-likeness (QED) is 0.337. The highest BCUT2D eigenvalue weighted by Gasteiger charge is 2.12. The summed E-state index contributed by atoms with van der Waals surface area (Å²) in [5.41, 5.74) is 3.69. The van der Waals surface area contributed by atoms with Gasteiger partial charge in [-0.05, 0) is 48.0 Å². The van der Waals surface area contributed by atoms with E-state index in [1.54, 1.807) is 25.3 Å². The predicted octanol–water partition coefficient (Wildman–Crippen LogP) is 5.26. The van der Waals surface area contributed by atoms with Gasteiger partial charge < -0.3 is 18.9 Å². The molecule has 0 amide bonds. The number of benzene rings is 3. The lowest BCUT2D eigenvalue weighted by molar-refractivity contribution is 0.251. The first-order valence-electron chi connectivity index (χ1n) is 10.5. The van der Waals surface area contributed by atoms with E-state index in [2.05, 4.69) is 26.2 Å². The van der Waals surface area contributed by atoms with E-state index in [0.29, 0.717) is 34.7 Å². The monoisotopic (exact) mass is 449 g/mol. The Morgan fingerprint density at radius 2 is 1.85 bits per heavy atom. The minimum absolute atomic E-state index is 0.0911. The van der Waals surface area contributed by atoms with Crippen LogP contribution in [-0.4, -0.2) is 27.3 Å². The Labute approximate surface area is 195 Å². The van der Waals surface area contributed by atoms with Crippen molar-refractivity contribution in [3.63, 3.8) is 0 Å². The number of fused-ring (bicyclic) bond motifs is 1. The molecule has 0 spiro atoms. The lowest BCUT2D eigenvalue weighted by Gasteiger charge is -2.10. The van der Waals surface area contributed by atoms with Crippen molar-refractivity contribution in [1.29, 1.82) is 5.26 Å². The number of nitriles is 1. The molecule has 0 bridgehead atoms. The molecular formula is C26H19N5O3. The van der Waals surface area contributed by atoms with Crippen LogP contribution in [0.5, 0.6) is 11.5 Å². The van der Waals surface area contributed by atoms with Crippen LogP contribution >= 0.6 is 0 Å². The topological polar surface area (TPSA) is 110 Å². The zero-order valence-corrected chi connectivity index (χ0v) is 18.2. The van der Waals surface area contributed by atoms with Gasteiger partial charge in [-0.2, -0.15) is 5.26 Å². The zero-order chi connectivity index (χ0) is 23.3. The number of para-hydroxylation sites is 2. The second-order valence-corrected chi connectivity index (χ2v) is 7.34. The fraction of sp³-hybridized carbons (Fsp3) is 0.0769. The van der Waals surface area contributed by atoms with Crippen LogP contribution in [0, 0.1) is 11.3 Å². The number of hydrogen-bond donors (Lipinski definition) is 1. The molecule has 0 aliphatic carbocycles. The van der Waals surface area contributed by atoms with Crippen molar-refractivity contribution in [2.24, 2.45) is 0 Å². The van der Waals surface area contributed by atoms with Crippen LogP contribution in [-0.2, 0) is 6.61 Å². The first kappa shape index (κ1) is 21.0. The molecule has 0 saturated heterocycles. The molecular weight excluding hydrogens is 430 g/mol. The second kappa shape index (κ2) is 9.30. The number of methoxy groups -OCH3 is 1. The highest BCUT2D eigenvalue weighted by Crippen LogP contribution is 2.30. The average Bonchev–Trinajstić information content (AvgIpc) is 3.54. The molecule has 0 saturated carbocycles. The molecule has 5 aromatic rings. The highest BCUT2D eigenvalue weighted by atomic mass is 16.5. The van der Waals surface area contributed by atoms with E-state index in [0.717, 1.165) is 22.2 Å². The first-order chi connectivity index (χ1) is 16.7. The third-order valence-corrected chi connectivity index (χ3v) is 5.10. The van der Waals surface area contributed by atoms with Crippen LogP contribution in [0.2, 0.25) is 0 Å². The van der Waals surface area contributed by atoms with E-state index in [4.69, 9.17) is 13.9 Å². The molecule has 2 heterocycles. The van der Waals surface area contributed by atoms with Gasteiger partial charge >= 0.3 is 0 Å². The minimum Gasteiger partial charge on any atom is -0.493 e. The van der Waals surface area contributed by atoms with E-state index < -0.39 is 0 Å². The van der Waals surface area contributed by atoms with Crippen LogP contribution in [0.3, 0.4) is 0 Å². The van der Waals surface area contributed by atoms with Gasteiger partial charge in [0, 0.05) is 5.56 Å².